The molecule has 2 heterocycles. The van der Waals surface area contributed by atoms with Gasteiger partial charge in [-0.25, -0.2) is 0 Å². The van der Waals surface area contributed by atoms with Gasteiger partial charge in [0.05, 0.1) is 11.6 Å². The minimum absolute atomic E-state index is 0.706. The zero-order valence-corrected chi connectivity index (χ0v) is 10.9. The number of nitriles is 1. The Balaban J connectivity index is 1.84. The normalized spacial score (nSPS) is 15.5. The molecule has 0 bridgehead atoms. The summed E-state index contributed by atoms with van der Waals surface area (Å²) in [5, 5.41) is 8.84. The minimum atomic E-state index is 0.706. The van der Waals surface area contributed by atoms with E-state index in [1.807, 2.05) is 24.3 Å². The fourth-order valence-corrected chi connectivity index (χ4v) is 2.66. The van der Waals surface area contributed by atoms with Gasteiger partial charge in [0.1, 0.15) is 0 Å². The molecule has 1 aliphatic rings. The van der Waals surface area contributed by atoms with Crippen LogP contribution in [-0.4, -0.2) is 22.6 Å². The van der Waals surface area contributed by atoms with Gasteiger partial charge in [-0.3, -0.25) is 4.90 Å². The van der Waals surface area contributed by atoms with Crippen LogP contribution in [0.15, 0.2) is 42.6 Å². The SMILES string of the molecule is N#Cc1ccc(-n2cccc2CN2CCCC2)cc1. The second-order valence-electron chi connectivity index (χ2n) is 5.01. The smallest absolute Gasteiger partial charge is 0.0991 e. The van der Waals surface area contributed by atoms with Crippen LogP contribution in [0.5, 0.6) is 0 Å². The molecule has 0 unspecified atom stereocenters. The van der Waals surface area contributed by atoms with Gasteiger partial charge in [-0.15, -0.1) is 0 Å². The summed E-state index contributed by atoms with van der Waals surface area (Å²) >= 11 is 0. The maximum Gasteiger partial charge on any atom is 0.0991 e. The average molecular weight is 251 g/mol. The number of hydrogen-bond donors (Lipinski definition) is 0. The van der Waals surface area contributed by atoms with Crippen molar-refractivity contribution in [2.75, 3.05) is 13.1 Å². The van der Waals surface area contributed by atoms with Crippen molar-refractivity contribution >= 4 is 0 Å². The highest BCUT2D eigenvalue weighted by atomic mass is 15.2. The van der Waals surface area contributed by atoms with Crippen molar-refractivity contribution in [2.45, 2.75) is 19.4 Å². The lowest BCUT2D eigenvalue weighted by Gasteiger charge is -2.16. The molecule has 3 heteroatoms. The van der Waals surface area contributed by atoms with E-state index in [0.717, 1.165) is 12.2 Å². The van der Waals surface area contributed by atoms with Crippen LogP contribution in [0.1, 0.15) is 24.1 Å². The predicted octanol–water partition coefficient (Wildman–Crippen LogP) is 2.94. The molecule has 0 radical (unpaired) electrons. The van der Waals surface area contributed by atoms with Crippen molar-refractivity contribution in [3.63, 3.8) is 0 Å². The molecule has 0 aliphatic carbocycles. The summed E-state index contributed by atoms with van der Waals surface area (Å²) in [6.07, 6.45) is 4.72. The first-order valence-electron chi connectivity index (χ1n) is 6.76. The van der Waals surface area contributed by atoms with Gasteiger partial charge in [0.25, 0.3) is 0 Å². The second kappa shape index (κ2) is 5.29. The molecular formula is C16H17N3. The van der Waals surface area contributed by atoms with Crippen molar-refractivity contribution in [2.24, 2.45) is 0 Å². The molecule has 2 aromatic rings. The molecular weight excluding hydrogens is 234 g/mol. The summed E-state index contributed by atoms with van der Waals surface area (Å²) in [5.74, 6) is 0. The molecule has 0 spiro atoms. The Labute approximate surface area is 113 Å². The van der Waals surface area contributed by atoms with E-state index in [9.17, 15) is 0 Å². The molecule has 0 amide bonds. The van der Waals surface area contributed by atoms with E-state index in [1.165, 1.54) is 31.6 Å². The summed E-state index contributed by atoms with van der Waals surface area (Å²) < 4.78 is 2.21. The van der Waals surface area contributed by atoms with Crippen LogP contribution in [-0.2, 0) is 6.54 Å². The third-order valence-electron chi connectivity index (χ3n) is 3.69. The molecule has 1 fully saturated rings. The van der Waals surface area contributed by atoms with E-state index in [4.69, 9.17) is 5.26 Å². The summed E-state index contributed by atoms with van der Waals surface area (Å²) in [5.41, 5.74) is 3.14. The van der Waals surface area contributed by atoms with Crippen molar-refractivity contribution in [1.29, 1.82) is 5.26 Å². The van der Waals surface area contributed by atoms with Crippen LogP contribution >= 0.6 is 0 Å². The predicted molar refractivity (Wildman–Crippen MR) is 75.0 cm³/mol. The van der Waals surface area contributed by atoms with Crippen molar-refractivity contribution in [3.8, 4) is 11.8 Å². The summed E-state index contributed by atoms with van der Waals surface area (Å²) in [6.45, 7) is 3.42. The van der Waals surface area contributed by atoms with Gasteiger partial charge >= 0.3 is 0 Å². The third kappa shape index (κ3) is 2.54. The van der Waals surface area contributed by atoms with E-state index in [2.05, 4.69) is 33.9 Å². The lowest BCUT2D eigenvalue weighted by molar-refractivity contribution is 0.325. The van der Waals surface area contributed by atoms with Gasteiger partial charge in [0.2, 0.25) is 0 Å². The van der Waals surface area contributed by atoms with Crippen LogP contribution in [0.2, 0.25) is 0 Å². The number of nitrogens with zero attached hydrogens (tertiary/aromatic N) is 3. The van der Waals surface area contributed by atoms with E-state index in [0.29, 0.717) is 5.56 Å². The monoisotopic (exact) mass is 251 g/mol. The van der Waals surface area contributed by atoms with E-state index in [1.54, 1.807) is 0 Å². The van der Waals surface area contributed by atoms with Crippen LogP contribution in [0.3, 0.4) is 0 Å². The highest BCUT2D eigenvalue weighted by Gasteiger charge is 2.13. The third-order valence-corrected chi connectivity index (χ3v) is 3.69. The van der Waals surface area contributed by atoms with E-state index in [-0.39, 0.29) is 0 Å². The lowest BCUT2D eigenvalue weighted by atomic mass is 10.2. The van der Waals surface area contributed by atoms with Crippen molar-refractivity contribution in [3.05, 3.63) is 53.9 Å². The Hall–Kier alpha value is -2.05. The molecule has 1 saturated heterocycles. The first-order valence-corrected chi connectivity index (χ1v) is 6.76. The molecule has 19 heavy (non-hydrogen) atoms. The fourth-order valence-electron chi connectivity index (χ4n) is 2.66. The van der Waals surface area contributed by atoms with Gasteiger partial charge in [0, 0.05) is 24.1 Å². The fraction of sp³-hybridized carbons (Fsp3) is 0.312. The van der Waals surface area contributed by atoms with Crippen molar-refractivity contribution in [1.82, 2.24) is 9.47 Å². The van der Waals surface area contributed by atoms with E-state index >= 15 is 0 Å². The molecule has 1 aliphatic heterocycles. The Kier molecular flexibility index (Phi) is 3.35. The molecule has 1 aromatic heterocycles. The summed E-state index contributed by atoms with van der Waals surface area (Å²) in [7, 11) is 0. The zero-order chi connectivity index (χ0) is 13.1. The van der Waals surface area contributed by atoms with Gasteiger partial charge in [-0.1, -0.05) is 0 Å². The number of hydrogen-bond acceptors (Lipinski definition) is 2. The first-order chi connectivity index (χ1) is 9.36. The number of likely N-dealkylation sites (tertiary alicyclic amines) is 1. The van der Waals surface area contributed by atoms with Gasteiger partial charge in [0.15, 0.2) is 0 Å². The molecule has 0 saturated carbocycles. The zero-order valence-electron chi connectivity index (χ0n) is 10.9. The van der Waals surface area contributed by atoms with Crippen LogP contribution < -0.4 is 0 Å². The number of rotatable bonds is 3. The first kappa shape index (κ1) is 12.0. The standard InChI is InChI=1S/C16H17N3/c17-12-14-5-7-15(8-6-14)19-11-3-4-16(19)13-18-9-1-2-10-18/h3-8,11H,1-2,9-10,13H2. The highest BCUT2D eigenvalue weighted by Crippen LogP contribution is 2.17. The quantitative estimate of drug-likeness (QED) is 0.840. The van der Waals surface area contributed by atoms with Crippen LogP contribution in [0, 0.1) is 11.3 Å². The molecule has 3 nitrogen and oxygen atoms in total. The maximum atomic E-state index is 8.84. The van der Waals surface area contributed by atoms with Crippen LogP contribution in [0.25, 0.3) is 5.69 Å². The molecule has 0 N–H and O–H groups in total. The Morgan fingerprint density at radius 1 is 1.05 bits per heavy atom. The molecule has 3 rings (SSSR count). The Bertz CT molecular complexity index is 583. The molecule has 96 valence electrons. The van der Waals surface area contributed by atoms with Crippen molar-refractivity contribution < 1.29 is 0 Å². The average Bonchev–Trinajstić information content (AvgIpc) is 3.11. The largest absolute Gasteiger partial charge is 0.320 e. The second-order valence-corrected chi connectivity index (χ2v) is 5.01. The summed E-state index contributed by atoms with van der Waals surface area (Å²) in [4.78, 5) is 2.50. The van der Waals surface area contributed by atoms with Gasteiger partial charge < -0.3 is 4.57 Å². The van der Waals surface area contributed by atoms with Gasteiger partial charge in [-0.2, -0.15) is 5.26 Å². The lowest BCUT2D eigenvalue weighted by Crippen LogP contribution is -2.20. The van der Waals surface area contributed by atoms with E-state index < -0.39 is 0 Å². The Morgan fingerprint density at radius 2 is 1.79 bits per heavy atom. The van der Waals surface area contributed by atoms with Gasteiger partial charge in [-0.05, 0) is 62.3 Å². The Morgan fingerprint density at radius 3 is 2.47 bits per heavy atom. The molecule has 1 aromatic carbocycles. The number of benzene rings is 1. The topological polar surface area (TPSA) is 32.0 Å². The summed E-state index contributed by atoms with van der Waals surface area (Å²) in [6, 6.07) is 14.2. The number of aromatic nitrogens is 1. The molecule has 0 atom stereocenters. The highest BCUT2D eigenvalue weighted by molar-refractivity contribution is 5.41. The minimum Gasteiger partial charge on any atom is -0.320 e. The maximum absolute atomic E-state index is 8.84. The van der Waals surface area contributed by atoms with Crippen LogP contribution in [0.4, 0.5) is 0 Å².